The van der Waals surface area contributed by atoms with Crippen molar-refractivity contribution in [1.29, 1.82) is 0 Å². The minimum atomic E-state index is 0.446. The first-order valence-corrected chi connectivity index (χ1v) is 8.09. The molecule has 2 heterocycles. The highest BCUT2D eigenvalue weighted by atomic mass is 16.5. The fourth-order valence-electron chi connectivity index (χ4n) is 3.13. The second-order valence-corrected chi connectivity index (χ2v) is 5.98. The van der Waals surface area contributed by atoms with Crippen molar-refractivity contribution >= 4 is 0 Å². The number of piperazine rings is 1. The molecule has 2 unspecified atom stereocenters. The van der Waals surface area contributed by atoms with Gasteiger partial charge in [0, 0.05) is 51.9 Å². The highest BCUT2D eigenvalue weighted by molar-refractivity contribution is 4.78. The summed E-state index contributed by atoms with van der Waals surface area (Å²) in [5, 5.41) is 3.63. The summed E-state index contributed by atoms with van der Waals surface area (Å²) in [5.41, 5.74) is 0. The molecule has 0 bridgehead atoms. The smallest absolute Gasteiger partial charge is 0.0726 e. The normalized spacial score (nSPS) is 27.8. The molecule has 2 fully saturated rings. The monoisotopic (exact) mass is 269 g/mol. The minimum absolute atomic E-state index is 0.446. The first kappa shape index (κ1) is 15.2. The van der Waals surface area contributed by atoms with E-state index < -0.39 is 0 Å². The molecule has 4 heteroatoms. The van der Waals surface area contributed by atoms with Crippen molar-refractivity contribution in [3.05, 3.63) is 0 Å². The van der Waals surface area contributed by atoms with Gasteiger partial charge < -0.3 is 15.0 Å². The van der Waals surface area contributed by atoms with Crippen molar-refractivity contribution in [2.24, 2.45) is 0 Å². The third kappa shape index (κ3) is 5.03. The van der Waals surface area contributed by atoms with Crippen molar-refractivity contribution in [1.82, 2.24) is 15.1 Å². The highest BCUT2D eigenvalue weighted by Crippen LogP contribution is 2.15. The molecule has 2 aliphatic heterocycles. The van der Waals surface area contributed by atoms with E-state index in [9.17, 15) is 0 Å². The molecule has 4 nitrogen and oxygen atoms in total. The second kappa shape index (κ2) is 8.20. The van der Waals surface area contributed by atoms with E-state index in [-0.39, 0.29) is 0 Å². The Morgan fingerprint density at radius 3 is 2.42 bits per heavy atom. The largest absolute Gasteiger partial charge is 0.377 e. The van der Waals surface area contributed by atoms with Gasteiger partial charge in [0.2, 0.25) is 0 Å². The predicted molar refractivity (Wildman–Crippen MR) is 79.6 cm³/mol. The van der Waals surface area contributed by atoms with Crippen LogP contribution in [-0.4, -0.2) is 74.4 Å². The van der Waals surface area contributed by atoms with Crippen LogP contribution in [0.3, 0.4) is 0 Å². The number of hydrogen-bond acceptors (Lipinski definition) is 4. The van der Waals surface area contributed by atoms with Crippen LogP contribution < -0.4 is 5.32 Å². The third-order valence-corrected chi connectivity index (χ3v) is 4.42. The van der Waals surface area contributed by atoms with Crippen molar-refractivity contribution in [3.8, 4) is 0 Å². The molecule has 2 saturated heterocycles. The molecule has 0 radical (unpaired) electrons. The molecule has 19 heavy (non-hydrogen) atoms. The maximum Gasteiger partial charge on any atom is 0.0726 e. The zero-order valence-electron chi connectivity index (χ0n) is 12.7. The topological polar surface area (TPSA) is 27.7 Å². The first-order chi connectivity index (χ1) is 9.29. The molecule has 2 atom stereocenters. The zero-order valence-corrected chi connectivity index (χ0v) is 12.7. The molecule has 0 aromatic heterocycles. The molecule has 0 aromatic carbocycles. The van der Waals surface area contributed by atoms with Gasteiger partial charge in [-0.2, -0.15) is 0 Å². The predicted octanol–water partition coefficient (Wildman–Crippen LogP) is 1.17. The average molecular weight is 269 g/mol. The lowest BCUT2D eigenvalue weighted by atomic mass is 10.1. The molecule has 0 amide bonds. The van der Waals surface area contributed by atoms with Crippen molar-refractivity contribution < 1.29 is 4.74 Å². The van der Waals surface area contributed by atoms with Crippen LogP contribution in [0.25, 0.3) is 0 Å². The van der Waals surface area contributed by atoms with Crippen LogP contribution in [-0.2, 0) is 4.74 Å². The Morgan fingerprint density at radius 1 is 1.16 bits per heavy atom. The van der Waals surface area contributed by atoms with Gasteiger partial charge in [-0.3, -0.25) is 4.90 Å². The zero-order chi connectivity index (χ0) is 13.5. The third-order valence-electron chi connectivity index (χ3n) is 4.42. The minimum Gasteiger partial charge on any atom is -0.377 e. The Labute approximate surface area is 118 Å². The van der Waals surface area contributed by atoms with Gasteiger partial charge in [-0.1, -0.05) is 6.92 Å². The molecule has 0 saturated carbocycles. The molecular weight excluding hydrogens is 238 g/mol. The van der Waals surface area contributed by atoms with Crippen LogP contribution in [0.2, 0.25) is 0 Å². The van der Waals surface area contributed by atoms with E-state index >= 15 is 0 Å². The SMILES string of the molecule is CCCN1CCN(CCNC(C)C2CCCO2)CC1. The summed E-state index contributed by atoms with van der Waals surface area (Å²) >= 11 is 0. The van der Waals surface area contributed by atoms with E-state index in [0.29, 0.717) is 12.1 Å². The Kier molecular flexibility index (Phi) is 6.57. The fourth-order valence-corrected chi connectivity index (χ4v) is 3.13. The lowest BCUT2D eigenvalue weighted by molar-refractivity contribution is 0.0807. The standard InChI is InChI=1S/C15H31N3O/c1-3-7-17-9-11-18(12-10-17)8-6-16-14(2)15-5-4-13-19-15/h14-16H,3-13H2,1-2H3. The van der Waals surface area contributed by atoms with E-state index in [1.807, 2.05) is 0 Å². The Balaban J connectivity index is 1.54. The van der Waals surface area contributed by atoms with E-state index in [1.54, 1.807) is 0 Å². The summed E-state index contributed by atoms with van der Waals surface area (Å²) < 4.78 is 5.72. The van der Waals surface area contributed by atoms with Crippen LogP contribution in [0.5, 0.6) is 0 Å². The second-order valence-electron chi connectivity index (χ2n) is 5.98. The molecule has 112 valence electrons. The number of nitrogens with one attached hydrogen (secondary N) is 1. The van der Waals surface area contributed by atoms with Gasteiger partial charge in [0.05, 0.1) is 6.10 Å². The van der Waals surface area contributed by atoms with Crippen molar-refractivity contribution in [3.63, 3.8) is 0 Å². The first-order valence-electron chi connectivity index (χ1n) is 8.09. The maximum atomic E-state index is 5.72. The van der Waals surface area contributed by atoms with Crippen molar-refractivity contribution in [2.75, 3.05) is 52.4 Å². The molecule has 0 aromatic rings. The van der Waals surface area contributed by atoms with Crippen LogP contribution in [0.15, 0.2) is 0 Å². The van der Waals surface area contributed by atoms with Gasteiger partial charge in [0.25, 0.3) is 0 Å². The van der Waals surface area contributed by atoms with E-state index in [2.05, 4.69) is 29.0 Å². The number of hydrogen-bond donors (Lipinski definition) is 1. The quantitative estimate of drug-likeness (QED) is 0.751. The van der Waals surface area contributed by atoms with Crippen LogP contribution in [0, 0.1) is 0 Å². The van der Waals surface area contributed by atoms with E-state index in [4.69, 9.17) is 4.74 Å². The van der Waals surface area contributed by atoms with Gasteiger partial charge in [-0.05, 0) is 32.7 Å². The summed E-state index contributed by atoms with van der Waals surface area (Å²) in [6.07, 6.45) is 4.18. The van der Waals surface area contributed by atoms with Gasteiger partial charge in [-0.25, -0.2) is 0 Å². The van der Waals surface area contributed by atoms with E-state index in [1.165, 1.54) is 58.5 Å². The average Bonchev–Trinajstić information content (AvgIpc) is 2.95. The molecule has 1 N–H and O–H groups in total. The van der Waals surface area contributed by atoms with Gasteiger partial charge in [0.1, 0.15) is 0 Å². The van der Waals surface area contributed by atoms with Gasteiger partial charge in [0.15, 0.2) is 0 Å². The summed E-state index contributed by atoms with van der Waals surface area (Å²) in [6.45, 7) is 14.0. The Morgan fingerprint density at radius 2 is 1.84 bits per heavy atom. The number of ether oxygens (including phenoxy) is 1. The maximum absolute atomic E-state index is 5.72. The van der Waals surface area contributed by atoms with Crippen LogP contribution in [0.1, 0.15) is 33.1 Å². The van der Waals surface area contributed by atoms with Crippen molar-refractivity contribution in [2.45, 2.75) is 45.3 Å². The Bertz CT molecular complexity index is 236. The molecule has 2 rings (SSSR count). The van der Waals surface area contributed by atoms with Gasteiger partial charge >= 0.3 is 0 Å². The van der Waals surface area contributed by atoms with Gasteiger partial charge in [-0.15, -0.1) is 0 Å². The summed E-state index contributed by atoms with van der Waals surface area (Å²) in [6, 6.07) is 0.504. The van der Waals surface area contributed by atoms with E-state index in [0.717, 1.165) is 13.2 Å². The lowest BCUT2D eigenvalue weighted by Gasteiger charge is -2.34. The fraction of sp³-hybridized carbons (Fsp3) is 1.00. The molecular formula is C15H31N3O. The highest BCUT2D eigenvalue weighted by Gasteiger charge is 2.22. The summed E-state index contributed by atoms with van der Waals surface area (Å²) in [5.74, 6) is 0. The number of nitrogens with zero attached hydrogens (tertiary/aromatic N) is 2. The summed E-state index contributed by atoms with van der Waals surface area (Å²) in [4.78, 5) is 5.17. The molecule has 2 aliphatic rings. The lowest BCUT2D eigenvalue weighted by Crippen LogP contribution is -2.49. The Hall–Kier alpha value is -0.160. The molecule has 0 spiro atoms. The van der Waals surface area contributed by atoms with Crippen LogP contribution in [0.4, 0.5) is 0 Å². The summed E-state index contributed by atoms with van der Waals surface area (Å²) in [7, 11) is 0. The number of rotatable bonds is 7. The molecule has 0 aliphatic carbocycles. The van der Waals surface area contributed by atoms with Crippen LogP contribution >= 0.6 is 0 Å².